The monoisotopic (exact) mass is 326 g/mol. The SMILES string of the molecule is CCOC(=O)CC1=C[C@H](c2ccccc2C)C2=C(CCCC2=O)O1. The second kappa shape index (κ2) is 7.04. The van der Waals surface area contributed by atoms with E-state index in [9.17, 15) is 9.59 Å². The zero-order valence-electron chi connectivity index (χ0n) is 14.1. The van der Waals surface area contributed by atoms with Gasteiger partial charge in [0.05, 0.1) is 6.61 Å². The molecule has 4 nitrogen and oxygen atoms in total. The van der Waals surface area contributed by atoms with Crippen molar-refractivity contribution >= 4 is 11.8 Å². The molecule has 0 radical (unpaired) electrons. The van der Waals surface area contributed by atoms with Crippen LogP contribution in [-0.2, 0) is 19.1 Å². The molecule has 1 aromatic rings. The number of ketones is 1. The van der Waals surface area contributed by atoms with Crippen LogP contribution in [0.5, 0.6) is 0 Å². The van der Waals surface area contributed by atoms with Crippen LogP contribution in [0.1, 0.15) is 49.7 Å². The molecule has 3 rings (SSSR count). The summed E-state index contributed by atoms with van der Waals surface area (Å²) in [6.07, 6.45) is 4.10. The number of Topliss-reactive ketones (excluding diaryl/α,β-unsaturated/α-hetero) is 1. The topological polar surface area (TPSA) is 52.6 Å². The molecule has 0 fully saturated rings. The average Bonchev–Trinajstić information content (AvgIpc) is 2.55. The van der Waals surface area contributed by atoms with Gasteiger partial charge in [-0.05, 0) is 37.5 Å². The fourth-order valence-electron chi connectivity index (χ4n) is 3.38. The number of benzene rings is 1. The third-order valence-electron chi connectivity index (χ3n) is 4.47. The van der Waals surface area contributed by atoms with Gasteiger partial charge in [0, 0.05) is 24.3 Å². The quantitative estimate of drug-likeness (QED) is 0.786. The molecule has 0 spiro atoms. The number of esters is 1. The molecule has 4 heteroatoms. The summed E-state index contributed by atoms with van der Waals surface area (Å²) in [5.74, 6) is 0.998. The molecular weight excluding hydrogens is 304 g/mol. The minimum absolute atomic E-state index is 0.0984. The van der Waals surface area contributed by atoms with Crippen LogP contribution < -0.4 is 0 Å². The number of ether oxygens (including phenoxy) is 2. The van der Waals surface area contributed by atoms with Crippen LogP contribution in [-0.4, -0.2) is 18.4 Å². The molecule has 0 saturated carbocycles. The second-order valence-corrected chi connectivity index (χ2v) is 6.16. The van der Waals surface area contributed by atoms with Gasteiger partial charge in [-0.15, -0.1) is 0 Å². The zero-order valence-corrected chi connectivity index (χ0v) is 14.1. The highest BCUT2D eigenvalue weighted by Gasteiger charge is 2.34. The van der Waals surface area contributed by atoms with E-state index >= 15 is 0 Å². The van der Waals surface area contributed by atoms with Crippen molar-refractivity contribution in [3.63, 3.8) is 0 Å². The lowest BCUT2D eigenvalue weighted by atomic mass is 9.79. The Hall–Kier alpha value is -2.36. The number of hydrogen-bond donors (Lipinski definition) is 0. The summed E-state index contributed by atoms with van der Waals surface area (Å²) in [5.41, 5.74) is 2.97. The molecule has 24 heavy (non-hydrogen) atoms. The largest absolute Gasteiger partial charge is 0.466 e. The molecule has 0 bridgehead atoms. The molecular formula is C20H22O4. The van der Waals surface area contributed by atoms with Crippen molar-refractivity contribution in [2.24, 2.45) is 0 Å². The summed E-state index contributed by atoms with van der Waals surface area (Å²) in [6, 6.07) is 8.04. The number of allylic oxidation sites excluding steroid dienone is 3. The first-order valence-corrected chi connectivity index (χ1v) is 8.46. The fraction of sp³-hybridized carbons (Fsp3) is 0.400. The molecule has 0 aromatic heterocycles. The number of aryl methyl sites for hydroxylation is 1. The summed E-state index contributed by atoms with van der Waals surface area (Å²) in [4.78, 5) is 24.3. The predicted molar refractivity (Wildman–Crippen MR) is 90.2 cm³/mol. The molecule has 1 aromatic carbocycles. The van der Waals surface area contributed by atoms with Gasteiger partial charge in [-0.1, -0.05) is 24.3 Å². The van der Waals surface area contributed by atoms with Crippen LogP contribution in [0.25, 0.3) is 0 Å². The Balaban J connectivity index is 1.99. The van der Waals surface area contributed by atoms with Crippen LogP contribution in [0.3, 0.4) is 0 Å². The van der Waals surface area contributed by atoms with Gasteiger partial charge in [0.15, 0.2) is 5.78 Å². The number of carbonyl (C=O) groups is 2. The Morgan fingerprint density at radius 3 is 2.83 bits per heavy atom. The molecule has 1 aliphatic carbocycles. The maximum atomic E-state index is 12.5. The molecule has 0 unspecified atom stereocenters. The van der Waals surface area contributed by atoms with E-state index in [4.69, 9.17) is 9.47 Å². The van der Waals surface area contributed by atoms with E-state index in [-0.39, 0.29) is 24.1 Å². The van der Waals surface area contributed by atoms with Crippen molar-refractivity contribution in [3.05, 3.63) is 58.6 Å². The number of carbonyl (C=O) groups excluding carboxylic acids is 2. The highest BCUT2D eigenvalue weighted by Crippen LogP contribution is 2.41. The maximum absolute atomic E-state index is 12.5. The van der Waals surface area contributed by atoms with Crippen molar-refractivity contribution in [3.8, 4) is 0 Å². The Morgan fingerprint density at radius 2 is 2.08 bits per heavy atom. The molecule has 0 amide bonds. The van der Waals surface area contributed by atoms with E-state index in [1.165, 1.54) is 0 Å². The van der Waals surface area contributed by atoms with Crippen LogP contribution in [0, 0.1) is 6.92 Å². The Bertz CT molecular complexity index is 727. The van der Waals surface area contributed by atoms with E-state index in [0.29, 0.717) is 18.8 Å². The van der Waals surface area contributed by atoms with Gasteiger partial charge in [0.25, 0.3) is 0 Å². The third kappa shape index (κ3) is 3.28. The summed E-state index contributed by atoms with van der Waals surface area (Å²) in [7, 11) is 0. The van der Waals surface area contributed by atoms with Crippen LogP contribution in [0.2, 0.25) is 0 Å². The van der Waals surface area contributed by atoms with E-state index in [1.54, 1.807) is 6.92 Å². The smallest absolute Gasteiger partial charge is 0.313 e. The van der Waals surface area contributed by atoms with E-state index in [2.05, 4.69) is 0 Å². The predicted octanol–water partition coefficient (Wildman–Crippen LogP) is 3.95. The van der Waals surface area contributed by atoms with Gasteiger partial charge in [-0.3, -0.25) is 9.59 Å². The average molecular weight is 326 g/mol. The molecule has 0 saturated heterocycles. The van der Waals surface area contributed by atoms with Gasteiger partial charge >= 0.3 is 5.97 Å². The molecule has 1 atom stereocenters. The minimum Gasteiger partial charge on any atom is -0.466 e. The maximum Gasteiger partial charge on any atom is 0.313 e. The lowest BCUT2D eigenvalue weighted by molar-refractivity contribution is -0.142. The van der Waals surface area contributed by atoms with E-state index in [1.807, 2.05) is 37.3 Å². The molecule has 1 heterocycles. The lowest BCUT2D eigenvalue weighted by Gasteiger charge is -2.30. The van der Waals surface area contributed by atoms with Crippen LogP contribution in [0.15, 0.2) is 47.4 Å². The first-order chi connectivity index (χ1) is 11.6. The van der Waals surface area contributed by atoms with Crippen molar-refractivity contribution in [1.29, 1.82) is 0 Å². The molecule has 0 N–H and O–H groups in total. The molecule has 2 aliphatic rings. The molecule has 1 aliphatic heterocycles. The van der Waals surface area contributed by atoms with Crippen molar-refractivity contribution in [2.45, 2.75) is 45.4 Å². The van der Waals surface area contributed by atoms with Crippen LogP contribution in [0.4, 0.5) is 0 Å². The van der Waals surface area contributed by atoms with E-state index in [0.717, 1.165) is 35.3 Å². The van der Waals surface area contributed by atoms with Crippen molar-refractivity contribution < 1.29 is 19.1 Å². The summed E-state index contributed by atoms with van der Waals surface area (Å²) in [5, 5.41) is 0. The number of hydrogen-bond acceptors (Lipinski definition) is 4. The van der Waals surface area contributed by atoms with Gasteiger partial charge in [0.1, 0.15) is 17.9 Å². The van der Waals surface area contributed by atoms with Gasteiger partial charge in [0.2, 0.25) is 0 Å². The second-order valence-electron chi connectivity index (χ2n) is 6.16. The van der Waals surface area contributed by atoms with Gasteiger partial charge in [-0.2, -0.15) is 0 Å². The molecule has 126 valence electrons. The van der Waals surface area contributed by atoms with Gasteiger partial charge in [-0.25, -0.2) is 0 Å². The highest BCUT2D eigenvalue weighted by atomic mass is 16.5. The van der Waals surface area contributed by atoms with Gasteiger partial charge < -0.3 is 9.47 Å². The fourth-order valence-corrected chi connectivity index (χ4v) is 3.38. The Morgan fingerprint density at radius 1 is 1.29 bits per heavy atom. The standard InChI is InChI=1S/C20H22O4/c1-3-23-19(22)12-14-11-16(15-8-5-4-7-13(15)2)20-17(21)9-6-10-18(20)24-14/h4-5,7-8,11,16H,3,6,9-10,12H2,1-2H3/t16-/m1/s1. The van der Waals surface area contributed by atoms with Crippen molar-refractivity contribution in [1.82, 2.24) is 0 Å². The first kappa shape index (κ1) is 16.5. The Kier molecular flexibility index (Phi) is 4.84. The highest BCUT2D eigenvalue weighted by molar-refractivity contribution is 5.99. The van der Waals surface area contributed by atoms with E-state index < -0.39 is 0 Å². The van der Waals surface area contributed by atoms with Crippen molar-refractivity contribution in [2.75, 3.05) is 6.61 Å². The Labute approximate surface area is 142 Å². The summed E-state index contributed by atoms with van der Waals surface area (Å²) >= 11 is 0. The first-order valence-electron chi connectivity index (χ1n) is 8.46. The zero-order chi connectivity index (χ0) is 17.1. The lowest BCUT2D eigenvalue weighted by Crippen LogP contribution is -2.23. The summed E-state index contributed by atoms with van der Waals surface area (Å²) < 4.78 is 10.9. The van der Waals surface area contributed by atoms with Crippen LogP contribution >= 0.6 is 0 Å². The summed E-state index contributed by atoms with van der Waals surface area (Å²) in [6.45, 7) is 4.17. The third-order valence-corrected chi connectivity index (χ3v) is 4.47. The normalized spacial score (nSPS) is 20.2. The minimum atomic E-state index is -0.307. The number of rotatable bonds is 4.